The summed E-state index contributed by atoms with van der Waals surface area (Å²) in [7, 11) is -4.11. The number of rotatable bonds is 5. The number of benzene rings is 2. The van der Waals surface area contributed by atoms with E-state index >= 15 is 0 Å². The van der Waals surface area contributed by atoms with Crippen molar-refractivity contribution in [2.75, 3.05) is 10.1 Å². The summed E-state index contributed by atoms with van der Waals surface area (Å²) in [6.07, 6.45) is 0. The Kier molecular flexibility index (Phi) is 5.22. The van der Waals surface area contributed by atoms with Crippen LogP contribution in [0.4, 0.5) is 11.4 Å². The van der Waals surface area contributed by atoms with Gasteiger partial charge in [0.2, 0.25) is 5.91 Å². The molecule has 0 saturated heterocycles. The zero-order chi connectivity index (χ0) is 21.2. The van der Waals surface area contributed by atoms with Gasteiger partial charge in [-0.25, -0.2) is 9.82 Å². The molecule has 3 rings (SSSR count). The van der Waals surface area contributed by atoms with Crippen molar-refractivity contribution in [1.29, 1.82) is 0 Å². The standard InChI is InChI=1S/C17H15N7O4S/c1-10-19-16-8-5-13(21-22-18)9-15(16)17(26)24(10)23-29(27,28)14-6-3-12(4-7-14)20-11(2)25/h3-9,23H,1-2H3,(H,20,25). The zero-order valence-corrected chi connectivity index (χ0v) is 16.1. The average molecular weight is 413 g/mol. The first-order valence-corrected chi connectivity index (χ1v) is 9.68. The molecule has 0 aliphatic carbocycles. The number of sulfonamides is 1. The minimum Gasteiger partial charge on any atom is -0.326 e. The summed E-state index contributed by atoms with van der Waals surface area (Å²) in [6, 6.07) is 9.78. The molecule has 29 heavy (non-hydrogen) atoms. The third-order valence-electron chi connectivity index (χ3n) is 3.88. The molecule has 0 atom stereocenters. The average Bonchev–Trinajstić information content (AvgIpc) is 2.66. The number of fused-ring (bicyclic) bond motifs is 1. The molecule has 0 aliphatic heterocycles. The van der Waals surface area contributed by atoms with Gasteiger partial charge in [-0.15, -0.1) is 0 Å². The highest BCUT2D eigenvalue weighted by Gasteiger charge is 2.18. The number of hydrogen-bond acceptors (Lipinski definition) is 6. The molecule has 2 aromatic carbocycles. The van der Waals surface area contributed by atoms with Crippen LogP contribution in [0.2, 0.25) is 0 Å². The maximum absolute atomic E-state index is 12.8. The molecule has 3 aromatic rings. The first kappa shape index (κ1) is 19.9. The summed E-state index contributed by atoms with van der Waals surface area (Å²) in [5.41, 5.74) is 8.85. The molecule has 2 N–H and O–H groups in total. The number of hydrogen-bond donors (Lipinski definition) is 2. The number of azide groups is 1. The zero-order valence-electron chi connectivity index (χ0n) is 15.3. The Morgan fingerprint density at radius 2 is 1.90 bits per heavy atom. The maximum atomic E-state index is 12.8. The van der Waals surface area contributed by atoms with Gasteiger partial charge in [0.1, 0.15) is 5.82 Å². The molecule has 1 amide bonds. The van der Waals surface area contributed by atoms with Gasteiger partial charge in [0.25, 0.3) is 15.6 Å². The third-order valence-corrected chi connectivity index (χ3v) is 5.19. The van der Waals surface area contributed by atoms with Crippen molar-refractivity contribution < 1.29 is 13.2 Å². The lowest BCUT2D eigenvalue weighted by Gasteiger charge is -2.14. The quantitative estimate of drug-likeness (QED) is 0.373. The van der Waals surface area contributed by atoms with E-state index in [0.29, 0.717) is 11.2 Å². The lowest BCUT2D eigenvalue weighted by Crippen LogP contribution is -2.35. The molecule has 12 heteroatoms. The number of anilines is 1. The van der Waals surface area contributed by atoms with E-state index in [1.165, 1.54) is 56.3 Å². The van der Waals surface area contributed by atoms with Gasteiger partial charge in [-0.2, -0.15) is 13.1 Å². The van der Waals surface area contributed by atoms with Crippen molar-refractivity contribution in [3.8, 4) is 0 Å². The van der Waals surface area contributed by atoms with E-state index in [4.69, 9.17) is 5.53 Å². The van der Waals surface area contributed by atoms with Crippen molar-refractivity contribution in [2.24, 2.45) is 5.11 Å². The smallest absolute Gasteiger partial charge is 0.280 e. The molecular weight excluding hydrogens is 398 g/mol. The van der Waals surface area contributed by atoms with Gasteiger partial charge in [0, 0.05) is 23.2 Å². The number of carbonyl (C=O) groups is 1. The Hall–Kier alpha value is -3.89. The fraction of sp³-hybridized carbons (Fsp3) is 0.118. The van der Waals surface area contributed by atoms with Crippen LogP contribution in [-0.2, 0) is 14.8 Å². The van der Waals surface area contributed by atoms with Crippen LogP contribution in [0.1, 0.15) is 12.7 Å². The van der Waals surface area contributed by atoms with E-state index in [0.717, 1.165) is 4.68 Å². The third kappa shape index (κ3) is 4.18. The van der Waals surface area contributed by atoms with Crippen LogP contribution < -0.4 is 15.7 Å². The van der Waals surface area contributed by atoms with Crippen molar-refractivity contribution in [1.82, 2.24) is 9.66 Å². The van der Waals surface area contributed by atoms with E-state index in [2.05, 4.69) is 25.2 Å². The second kappa shape index (κ2) is 7.62. The van der Waals surface area contributed by atoms with Crippen LogP contribution in [0.5, 0.6) is 0 Å². The summed E-state index contributed by atoms with van der Waals surface area (Å²) in [5, 5.41) is 6.06. The molecular formula is C17H15N7O4S. The van der Waals surface area contributed by atoms with Crippen molar-refractivity contribution >= 4 is 38.2 Å². The lowest BCUT2D eigenvalue weighted by atomic mass is 10.2. The number of aryl methyl sites for hydroxylation is 1. The maximum Gasteiger partial charge on any atom is 0.280 e. The van der Waals surface area contributed by atoms with Gasteiger partial charge in [-0.1, -0.05) is 11.2 Å². The number of nitrogens with one attached hydrogen (secondary N) is 2. The Labute approximate surface area is 164 Å². The van der Waals surface area contributed by atoms with Crippen LogP contribution in [0.15, 0.2) is 57.3 Å². The normalized spacial score (nSPS) is 11.0. The van der Waals surface area contributed by atoms with E-state index in [1.54, 1.807) is 0 Å². The predicted octanol–water partition coefficient (Wildman–Crippen LogP) is 2.54. The second-order valence-electron chi connectivity index (χ2n) is 5.99. The largest absolute Gasteiger partial charge is 0.326 e. The first-order valence-electron chi connectivity index (χ1n) is 8.20. The predicted molar refractivity (Wildman–Crippen MR) is 107 cm³/mol. The van der Waals surface area contributed by atoms with Crippen LogP contribution in [0, 0.1) is 6.92 Å². The number of aromatic nitrogens is 2. The molecule has 0 aliphatic rings. The Morgan fingerprint density at radius 1 is 1.21 bits per heavy atom. The van der Waals surface area contributed by atoms with Crippen LogP contribution >= 0.6 is 0 Å². The highest BCUT2D eigenvalue weighted by Crippen LogP contribution is 2.19. The summed E-state index contributed by atoms with van der Waals surface area (Å²) >= 11 is 0. The fourth-order valence-corrected chi connectivity index (χ4v) is 3.65. The Balaban J connectivity index is 2.03. The monoisotopic (exact) mass is 413 g/mol. The van der Waals surface area contributed by atoms with Gasteiger partial charge >= 0.3 is 0 Å². The van der Waals surface area contributed by atoms with Gasteiger partial charge in [-0.05, 0) is 48.9 Å². The Morgan fingerprint density at radius 3 is 2.52 bits per heavy atom. The minimum atomic E-state index is -4.11. The van der Waals surface area contributed by atoms with E-state index in [1.807, 2.05) is 0 Å². The molecule has 0 bridgehead atoms. The van der Waals surface area contributed by atoms with Crippen molar-refractivity contribution in [2.45, 2.75) is 18.7 Å². The lowest BCUT2D eigenvalue weighted by molar-refractivity contribution is -0.114. The molecule has 0 saturated carbocycles. The van der Waals surface area contributed by atoms with Crippen LogP contribution in [0.3, 0.4) is 0 Å². The molecule has 1 aromatic heterocycles. The van der Waals surface area contributed by atoms with Crippen molar-refractivity contribution in [3.63, 3.8) is 0 Å². The molecule has 0 spiro atoms. The molecule has 148 valence electrons. The Bertz CT molecular complexity index is 1320. The highest BCUT2D eigenvalue weighted by molar-refractivity contribution is 7.92. The fourth-order valence-electron chi connectivity index (χ4n) is 2.60. The van der Waals surface area contributed by atoms with E-state index in [-0.39, 0.29) is 27.7 Å². The van der Waals surface area contributed by atoms with Gasteiger partial charge in [-0.3, -0.25) is 9.59 Å². The molecule has 0 unspecified atom stereocenters. The first-order chi connectivity index (χ1) is 13.7. The molecule has 0 fully saturated rings. The van der Waals surface area contributed by atoms with Crippen LogP contribution in [-0.4, -0.2) is 24.0 Å². The molecule has 1 heterocycles. The number of carbonyl (C=O) groups excluding carboxylic acids is 1. The van der Waals surface area contributed by atoms with Crippen molar-refractivity contribution in [3.05, 3.63) is 69.1 Å². The minimum absolute atomic E-state index is 0.0872. The molecule has 0 radical (unpaired) electrons. The van der Waals surface area contributed by atoms with E-state index in [9.17, 15) is 18.0 Å². The second-order valence-corrected chi connectivity index (χ2v) is 7.65. The summed E-state index contributed by atoms with van der Waals surface area (Å²) in [4.78, 5) is 32.8. The van der Waals surface area contributed by atoms with Gasteiger partial charge in [0.05, 0.1) is 15.8 Å². The van der Waals surface area contributed by atoms with Gasteiger partial charge in [0.15, 0.2) is 0 Å². The summed E-state index contributed by atoms with van der Waals surface area (Å²) < 4.78 is 26.2. The number of nitrogens with zero attached hydrogens (tertiary/aromatic N) is 5. The van der Waals surface area contributed by atoms with E-state index < -0.39 is 15.6 Å². The topological polar surface area (TPSA) is 159 Å². The summed E-state index contributed by atoms with van der Waals surface area (Å²) in [5.74, 6) is -0.166. The number of amides is 1. The van der Waals surface area contributed by atoms with Crippen LogP contribution in [0.25, 0.3) is 21.3 Å². The summed E-state index contributed by atoms with van der Waals surface area (Å²) in [6.45, 7) is 2.81. The SMILES string of the molecule is CC(=O)Nc1ccc(S(=O)(=O)Nn2c(C)nc3ccc(N=[N+]=[N-])cc3c2=O)cc1. The highest BCUT2D eigenvalue weighted by atomic mass is 32.2. The molecule has 11 nitrogen and oxygen atoms in total. The van der Waals surface area contributed by atoms with Gasteiger partial charge < -0.3 is 5.32 Å².